The predicted octanol–water partition coefficient (Wildman–Crippen LogP) is 3.20. The number of likely N-dealkylation sites (tertiary alicyclic amines) is 2. The number of rotatable bonds is 3. The van der Waals surface area contributed by atoms with E-state index in [1.54, 1.807) is 7.11 Å². The Morgan fingerprint density at radius 1 is 1.11 bits per heavy atom. The van der Waals surface area contributed by atoms with E-state index in [-0.39, 0.29) is 18.3 Å². The summed E-state index contributed by atoms with van der Waals surface area (Å²) in [6.45, 7) is 4.55. The Labute approximate surface area is 166 Å². The van der Waals surface area contributed by atoms with Crippen molar-refractivity contribution in [3.8, 4) is 5.75 Å². The van der Waals surface area contributed by atoms with Crippen LogP contribution in [0.1, 0.15) is 27.8 Å². The molecule has 0 unspecified atom stereocenters. The number of fused-ring (bicyclic) bond motifs is 1. The first-order valence-electron chi connectivity index (χ1n) is 9.14. The zero-order valence-corrected chi connectivity index (χ0v) is 16.8. The summed E-state index contributed by atoms with van der Waals surface area (Å²) in [6.07, 6.45) is 0. The molecule has 2 aromatic rings. The van der Waals surface area contributed by atoms with Crippen LogP contribution in [0, 0.1) is 18.8 Å². The van der Waals surface area contributed by atoms with Crippen molar-refractivity contribution in [2.75, 3.05) is 33.8 Å². The van der Waals surface area contributed by atoms with Gasteiger partial charge in [0, 0.05) is 37.3 Å². The van der Waals surface area contributed by atoms with Crippen LogP contribution in [0.2, 0.25) is 0 Å². The standard InChI is InChI=1S/C21H25N3O2.ClH/c1-14-5-4-6-19(22-14)21(25)24-12-16-11-23(2)20(18(16)13-24)15-7-9-17(26-3)10-8-15;/h4-10,16,18,20H,11-13H2,1-3H3;1H/t16-,18+,20+;/m0./s1. The summed E-state index contributed by atoms with van der Waals surface area (Å²) < 4.78 is 5.28. The van der Waals surface area contributed by atoms with Gasteiger partial charge in [0.1, 0.15) is 11.4 Å². The molecule has 0 radical (unpaired) electrons. The Morgan fingerprint density at radius 3 is 2.52 bits per heavy atom. The second-order valence-electron chi connectivity index (χ2n) is 7.46. The third-order valence-electron chi connectivity index (χ3n) is 5.75. The van der Waals surface area contributed by atoms with E-state index in [1.807, 2.05) is 42.2 Å². The number of ether oxygens (including phenoxy) is 1. The fraction of sp³-hybridized carbons (Fsp3) is 0.429. The summed E-state index contributed by atoms with van der Waals surface area (Å²) in [5.41, 5.74) is 2.73. The van der Waals surface area contributed by atoms with Crippen LogP contribution in [0.5, 0.6) is 5.75 Å². The summed E-state index contributed by atoms with van der Waals surface area (Å²) >= 11 is 0. The molecule has 2 aliphatic rings. The molecule has 1 amide bonds. The number of amides is 1. The quantitative estimate of drug-likeness (QED) is 0.811. The molecule has 1 aromatic carbocycles. The van der Waals surface area contributed by atoms with Gasteiger partial charge < -0.3 is 9.64 Å². The molecular formula is C21H26ClN3O2. The van der Waals surface area contributed by atoms with Crippen LogP contribution in [0.3, 0.4) is 0 Å². The van der Waals surface area contributed by atoms with Crippen LogP contribution < -0.4 is 4.74 Å². The third kappa shape index (κ3) is 3.66. The van der Waals surface area contributed by atoms with Crippen molar-refractivity contribution >= 4 is 18.3 Å². The van der Waals surface area contributed by atoms with Crippen LogP contribution in [-0.4, -0.2) is 54.5 Å². The van der Waals surface area contributed by atoms with E-state index in [0.717, 1.165) is 31.1 Å². The Bertz CT molecular complexity index is 811. The highest BCUT2D eigenvalue weighted by Gasteiger charge is 2.47. The van der Waals surface area contributed by atoms with E-state index < -0.39 is 0 Å². The predicted molar refractivity (Wildman–Crippen MR) is 107 cm³/mol. The van der Waals surface area contributed by atoms with E-state index in [2.05, 4.69) is 29.1 Å². The van der Waals surface area contributed by atoms with Crippen LogP contribution in [0.15, 0.2) is 42.5 Å². The van der Waals surface area contributed by atoms with Gasteiger partial charge in [-0.15, -0.1) is 12.4 Å². The summed E-state index contributed by atoms with van der Waals surface area (Å²) in [5.74, 6) is 1.90. The summed E-state index contributed by atoms with van der Waals surface area (Å²) in [7, 11) is 3.87. The average molecular weight is 388 g/mol. The maximum atomic E-state index is 12.9. The van der Waals surface area contributed by atoms with Crippen molar-refractivity contribution in [1.82, 2.24) is 14.8 Å². The average Bonchev–Trinajstić information content (AvgIpc) is 3.18. The lowest BCUT2D eigenvalue weighted by molar-refractivity contribution is 0.0762. The molecule has 3 heterocycles. The fourth-order valence-corrected chi connectivity index (χ4v) is 4.55. The van der Waals surface area contributed by atoms with Gasteiger partial charge in [0.2, 0.25) is 0 Å². The number of pyridine rings is 1. The normalized spacial score (nSPS) is 24.4. The van der Waals surface area contributed by atoms with Gasteiger partial charge in [-0.2, -0.15) is 0 Å². The van der Waals surface area contributed by atoms with Crippen molar-refractivity contribution in [3.63, 3.8) is 0 Å². The molecule has 1 aromatic heterocycles. The minimum Gasteiger partial charge on any atom is -0.497 e. The minimum absolute atomic E-state index is 0. The maximum absolute atomic E-state index is 12.9. The molecule has 6 heteroatoms. The summed E-state index contributed by atoms with van der Waals surface area (Å²) in [4.78, 5) is 21.7. The lowest BCUT2D eigenvalue weighted by atomic mass is 9.89. The van der Waals surface area contributed by atoms with E-state index in [9.17, 15) is 4.79 Å². The highest BCUT2D eigenvalue weighted by atomic mass is 35.5. The van der Waals surface area contributed by atoms with Gasteiger partial charge in [-0.1, -0.05) is 18.2 Å². The van der Waals surface area contributed by atoms with Crippen molar-refractivity contribution < 1.29 is 9.53 Å². The van der Waals surface area contributed by atoms with Crippen molar-refractivity contribution in [2.24, 2.45) is 11.8 Å². The SMILES string of the molecule is COc1ccc([C@@H]2[C@@H]3CN(C(=O)c4cccc(C)n4)C[C@@H]3CN2C)cc1.Cl. The number of carbonyl (C=O) groups excluding carboxylic acids is 1. The molecule has 0 bridgehead atoms. The molecule has 27 heavy (non-hydrogen) atoms. The molecule has 5 nitrogen and oxygen atoms in total. The first-order valence-corrected chi connectivity index (χ1v) is 9.14. The number of carbonyl (C=O) groups is 1. The smallest absolute Gasteiger partial charge is 0.272 e. The number of aryl methyl sites for hydroxylation is 1. The monoisotopic (exact) mass is 387 g/mol. The Balaban J connectivity index is 0.00000210. The van der Waals surface area contributed by atoms with Gasteiger partial charge in [-0.05, 0) is 49.7 Å². The van der Waals surface area contributed by atoms with Gasteiger partial charge in [-0.25, -0.2) is 4.98 Å². The summed E-state index contributed by atoms with van der Waals surface area (Å²) in [5, 5.41) is 0. The van der Waals surface area contributed by atoms with E-state index in [1.165, 1.54) is 5.56 Å². The van der Waals surface area contributed by atoms with Crippen LogP contribution >= 0.6 is 12.4 Å². The fourth-order valence-electron chi connectivity index (χ4n) is 4.55. The first-order chi connectivity index (χ1) is 12.6. The topological polar surface area (TPSA) is 45.7 Å². The number of benzene rings is 1. The first kappa shape index (κ1) is 19.6. The molecule has 144 valence electrons. The van der Waals surface area contributed by atoms with Crippen LogP contribution in [0.25, 0.3) is 0 Å². The number of nitrogens with zero attached hydrogens (tertiary/aromatic N) is 3. The number of methoxy groups -OCH3 is 1. The molecule has 0 saturated carbocycles. The Hall–Kier alpha value is -2.11. The molecule has 3 atom stereocenters. The van der Waals surface area contributed by atoms with Crippen LogP contribution in [0.4, 0.5) is 0 Å². The molecular weight excluding hydrogens is 362 g/mol. The summed E-state index contributed by atoms with van der Waals surface area (Å²) in [6, 6.07) is 14.3. The van der Waals surface area contributed by atoms with Gasteiger partial charge in [0.15, 0.2) is 0 Å². The maximum Gasteiger partial charge on any atom is 0.272 e. The minimum atomic E-state index is 0. The third-order valence-corrected chi connectivity index (χ3v) is 5.75. The molecule has 4 rings (SSSR count). The van der Waals surface area contributed by atoms with E-state index in [0.29, 0.717) is 23.6 Å². The highest BCUT2D eigenvalue weighted by Crippen LogP contribution is 2.44. The van der Waals surface area contributed by atoms with Gasteiger partial charge in [-0.3, -0.25) is 9.69 Å². The molecule has 2 saturated heterocycles. The van der Waals surface area contributed by atoms with E-state index in [4.69, 9.17) is 4.74 Å². The highest BCUT2D eigenvalue weighted by molar-refractivity contribution is 5.92. The Morgan fingerprint density at radius 2 is 1.85 bits per heavy atom. The molecule has 0 aliphatic carbocycles. The second-order valence-corrected chi connectivity index (χ2v) is 7.46. The van der Waals surface area contributed by atoms with Gasteiger partial charge >= 0.3 is 0 Å². The number of hydrogen-bond acceptors (Lipinski definition) is 4. The van der Waals surface area contributed by atoms with Crippen molar-refractivity contribution in [1.29, 1.82) is 0 Å². The zero-order valence-electron chi connectivity index (χ0n) is 16.0. The van der Waals surface area contributed by atoms with Gasteiger partial charge in [0.25, 0.3) is 5.91 Å². The number of hydrogen-bond donors (Lipinski definition) is 0. The number of halogens is 1. The Kier molecular flexibility index (Phi) is 5.72. The van der Waals surface area contributed by atoms with Crippen molar-refractivity contribution in [2.45, 2.75) is 13.0 Å². The molecule has 0 N–H and O–H groups in total. The van der Waals surface area contributed by atoms with Crippen molar-refractivity contribution in [3.05, 3.63) is 59.4 Å². The molecule has 2 aliphatic heterocycles. The number of aromatic nitrogens is 1. The largest absolute Gasteiger partial charge is 0.497 e. The van der Waals surface area contributed by atoms with E-state index >= 15 is 0 Å². The lowest BCUT2D eigenvalue weighted by Gasteiger charge is -2.27. The van der Waals surface area contributed by atoms with Gasteiger partial charge in [0.05, 0.1) is 7.11 Å². The lowest BCUT2D eigenvalue weighted by Crippen LogP contribution is -2.33. The second kappa shape index (κ2) is 7.87. The molecule has 0 spiro atoms. The zero-order chi connectivity index (χ0) is 18.3. The molecule has 2 fully saturated rings. The van der Waals surface area contributed by atoms with Crippen LogP contribution in [-0.2, 0) is 0 Å².